The van der Waals surface area contributed by atoms with Crippen molar-refractivity contribution in [2.24, 2.45) is 5.73 Å². The van der Waals surface area contributed by atoms with Gasteiger partial charge in [0, 0.05) is 75.2 Å². The van der Waals surface area contributed by atoms with Crippen LogP contribution in [-0.4, -0.2) is 73.7 Å². The van der Waals surface area contributed by atoms with Gasteiger partial charge in [-0.25, -0.2) is 0 Å². The summed E-state index contributed by atoms with van der Waals surface area (Å²) < 4.78 is 0. The number of fused-ring (bicyclic) bond motifs is 1. The first-order chi connectivity index (χ1) is 17.4. The predicted molar refractivity (Wildman–Crippen MR) is 138 cm³/mol. The highest BCUT2D eigenvalue weighted by Crippen LogP contribution is 2.35. The quantitative estimate of drug-likeness (QED) is 0.444. The van der Waals surface area contributed by atoms with E-state index in [4.69, 9.17) is 5.73 Å². The average molecular weight is 491 g/mol. The lowest BCUT2D eigenvalue weighted by Gasteiger charge is -2.36. The van der Waals surface area contributed by atoms with Crippen molar-refractivity contribution in [3.05, 3.63) is 75.1 Å². The number of anilines is 2. The van der Waals surface area contributed by atoms with E-state index in [1.165, 1.54) is 0 Å². The molecule has 3 N–H and O–H groups in total. The molecular formula is C26H30N6O4. The summed E-state index contributed by atoms with van der Waals surface area (Å²) in [6, 6.07) is 12.2. The third-order valence-electron chi connectivity index (χ3n) is 7.23. The van der Waals surface area contributed by atoms with Crippen molar-refractivity contribution in [3.8, 4) is 0 Å². The van der Waals surface area contributed by atoms with Crippen LogP contribution in [0.4, 0.5) is 17.1 Å². The highest BCUT2D eigenvalue weighted by Gasteiger charge is 2.30. The van der Waals surface area contributed by atoms with Gasteiger partial charge in [-0.1, -0.05) is 24.3 Å². The van der Waals surface area contributed by atoms with E-state index in [9.17, 15) is 19.7 Å². The number of allylic oxidation sites excluding steroid dienone is 2. The highest BCUT2D eigenvalue weighted by atomic mass is 16.6. The summed E-state index contributed by atoms with van der Waals surface area (Å²) in [4.78, 5) is 43.3. The number of hydrogen-bond donors (Lipinski definition) is 2. The van der Waals surface area contributed by atoms with Crippen molar-refractivity contribution in [1.82, 2.24) is 10.2 Å². The zero-order valence-electron chi connectivity index (χ0n) is 20.1. The Balaban J connectivity index is 1.17. The monoisotopic (exact) mass is 490 g/mol. The van der Waals surface area contributed by atoms with Crippen molar-refractivity contribution < 1.29 is 14.5 Å². The fourth-order valence-corrected chi connectivity index (χ4v) is 5.21. The van der Waals surface area contributed by atoms with Gasteiger partial charge in [-0.15, -0.1) is 0 Å². The van der Waals surface area contributed by atoms with Gasteiger partial charge < -0.3 is 20.9 Å². The molecular weight excluding hydrogens is 460 g/mol. The normalized spacial score (nSPS) is 18.6. The maximum Gasteiger partial charge on any atom is 0.292 e. The molecule has 10 heteroatoms. The molecule has 5 rings (SSSR count). The fraction of sp³-hybridized carbons (Fsp3) is 0.385. The number of carbonyl (C=O) groups is 2. The number of piperazine rings is 1. The number of carbonyl (C=O) groups excluding carboxylic acids is 2. The molecule has 36 heavy (non-hydrogen) atoms. The number of rotatable bonds is 7. The van der Waals surface area contributed by atoms with Gasteiger partial charge in [-0.3, -0.25) is 24.6 Å². The lowest BCUT2D eigenvalue weighted by Crippen LogP contribution is -2.48. The number of nitrogens with one attached hydrogen (secondary N) is 1. The van der Waals surface area contributed by atoms with E-state index in [0.29, 0.717) is 29.9 Å². The molecule has 2 saturated heterocycles. The van der Waals surface area contributed by atoms with Crippen molar-refractivity contribution in [1.29, 1.82) is 0 Å². The van der Waals surface area contributed by atoms with Gasteiger partial charge in [-0.05, 0) is 25.0 Å². The van der Waals surface area contributed by atoms with Crippen LogP contribution < -0.4 is 20.9 Å². The van der Waals surface area contributed by atoms with Crippen LogP contribution in [0.3, 0.4) is 0 Å². The molecule has 0 spiro atoms. The second-order valence-corrected chi connectivity index (χ2v) is 9.37. The summed E-state index contributed by atoms with van der Waals surface area (Å²) in [6.07, 6.45) is 2.12. The number of nitrogens with two attached hydrogens (primary N) is 1. The minimum atomic E-state index is -0.322. The van der Waals surface area contributed by atoms with Gasteiger partial charge in [0.2, 0.25) is 11.6 Å². The van der Waals surface area contributed by atoms with E-state index in [2.05, 4.69) is 20.0 Å². The summed E-state index contributed by atoms with van der Waals surface area (Å²) in [5.74, 6) is -0.572. The maximum absolute atomic E-state index is 12.8. The van der Waals surface area contributed by atoms with Gasteiger partial charge in [0.1, 0.15) is 17.1 Å². The molecule has 2 aliphatic heterocycles. The smallest absolute Gasteiger partial charge is 0.292 e. The number of nitro groups is 1. The Hall–Kier alpha value is -3.92. The zero-order chi connectivity index (χ0) is 25.2. The molecule has 1 aliphatic carbocycles. The van der Waals surface area contributed by atoms with Crippen LogP contribution in [0, 0.1) is 10.1 Å². The Morgan fingerprint density at radius 2 is 1.56 bits per heavy atom. The lowest BCUT2D eigenvalue weighted by atomic mass is 9.90. The summed E-state index contributed by atoms with van der Waals surface area (Å²) in [6.45, 7) is 6.14. The minimum Gasteiger partial charge on any atom is -0.394 e. The molecule has 0 aromatic heterocycles. The van der Waals surface area contributed by atoms with Crippen molar-refractivity contribution in [2.45, 2.75) is 12.8 Å². The van der Waals surface area contributed by atoms with Crippen LogP contribution in [-0.2, 0) is 0 Å². The fourth-order valence-electron chi connectivity index (χ4n) is 5.21. The van der Waals surface area contributed by atoms with E-state index in [0.717, 1.165) is 57.8 Å². The van der Waals surface area contributed by atoms with E-state index < -0.39 is 0 Å². The van der Waals surface area contributed by atoms with Gasteiger partial charge in [-0.2, -0.15) is 0 Å². The third-order valence-corrected chi connectivity index (χ3v) is 7.23. The number of ketones is 2. The Bertz CT molecular complexity index is 1230. The van der Waals surface area contributed by atoms with E-state index in [1.54, 1.807) is 30.3 Å². The van der Waals surface area contributed by atoms with Crippen LogP contribution in [0.25, 0.3) is 0 Å². The molecule has 2 heterocycles. The Morgan fingerprint density at radius 1 is 0.889 bits per heavy atom. The average Bonchev–Trinajstić information content (AvgIpc) is 3.44. The molecule has 0 saturated carbocycles. The minimum absolute atomic E-state index is 0.0319. The van der Waals surface area contributed by atoms with Gasteiger partial charge in [0.15, 0.2) is 0 Å². The van der Waals surface area contributed by atoms with Crippen molar-refractivity contribution in [2.75, 3.05) is 62.2 Å². The first kappa shape index (κ1) is 23.8. The first-order valence-corrected chi connectivity index (χ1v) is 12.4. The molecule has 0 unspecified atom stereocenters. The zero-order valence-corrected chi connectivity index (χ0v) is 20.1. The number of Topliss-reactive ketones (excluding diaryl/α,β-unsaturated/α-hetero) is 2. The summed E-state index contributed by atoms with van der Waals surface area (Å²) in [5.41, 5.74) is 8.75. The topological polar surface area (TPSA) is 125 Å². The van der Waals surface area contributed by atoms with Crippen LogP contribution in [0.5, 0.6) is 0 Å². The van der Waals surface area contributed by atoms with Gasteiger partial charge in [0.05, 0.1) is 4.92 Å². The predicted octanol–water partition coefficient (Wildman–Crippen LogP) is 2.16. The van der Waals surface area contributed by atoms with Crippen molar-refractivity contribution >= 4 is 28.6 Å². The Labute approximate surface area is 209 Å². The molecule has 3 aliphatic rings. The van der Waals surface area contributed by atoms with E-state index >= 15 is 0 Å². The van der Waals surface area contributed by atoms with Gasteiger partial charge in [0.25, 0.3) is 5.69 Å². The molecule has 2 fully saturated rings. The first-order valence-electron chi connectivity index (χ1n) is 12.4. The number of nitrogens with zero attached hydrogens (tertiary/aromatic N) is 4. The Morgan fingerprint density at radius 3 is 2.22 bits per heavy atom. The number of nitro benzene ring substituents is 1. The molecule has 2 aromatic carbocycles. The molecule has 188 valence electrons. The third kappa shape index (κ3) is 4.51. The SMILES string of the molecule is NC1=C(NCCN2CCN(c3ccc([N+](=O)[O-])c(N4CCCC4)c3)CC2)C(=O)c2ccccc2C1=O. The highest BCUT2D eigenvalue weighted by molar-refractivity contribution is 6.26. The largest absolute Gasteiger partial charge is 0.394 e. The summed E-state index contributed by atoms with van der Waals surface area (Å²) in [5, 5.41) is 14.6. The van der Waals surface area contributed by atoms with Gasteiger partial charge >= 0.3 is 0 Å². The molecule has 0 atom stereocenters. The molecule has 0 amide bonds. The molecule has 0 bridgehead atoms. The number of hydrogen-bond acceptors (Lipinski definition) is 9. The molecule has 2 aromatic rings. The van der Waals surface area contributed by atoms with Crippen LogP contribution >= 0.6 is 0 Å². The van der Waals surface area contributed by atoms with Crippen LogP contribution in [0.1, 0.15) is 33.6 Å². The standard InChI is InChI=1S/C26H30N6O4/c27-23-24(26(34)20-6-2-1-5-19(20)25(23)33)28-9-12-29-13-15-30(16-14-29)18-7-8-21(32(35)36)22(17-18)31-10-3-4-11-31/h1-2,5-8,17,28H,3-4,9-16,27H2. The van der Waals surface area contributed by atoms with Crippen LogP contribution in [0.15, 0.2) is 53.9 Å². The maximum atomic E-state index is 12.8. The van der Waals surface area contributed by atoms with E-state index in [1.807, 2.05) is 12.1 Å². The van der Waals surface area contributed by atoms with Crippen LogP contribution in [0.2, 0.25) is 0 Å². The molecule has 10 nitrogen and oxygen atoms in total. The summed E-state index contributed by atoms with van der Waals surface area (Å²) in [7, 11) is 0. The second-order valence-electron chi connectivity index (χ2n) is 9.37. The Kier molecular flexibility index (Phi) is 6.60. The number of benzene rings is 2. The van der Waals surface area contributed by atoms with Crippen molar-refractivity contribution in [3.63, 3.8) is 0 Å². The molecule has 0 radical (unpaired) electrons. The second kappa shape index (κ2) is 9.98. The summed E-state index contributed by atoms with van der Waals surface area (Å²) >= 11 is 0. The lowest BCUT2D eigenvalue weighted by molar-refractivity contribution is -0.384. The van der Waals surface area contributed by atoms with E-state index in [-0.39, 0.29) is 33.6 Å².